The molecule has 1 aliphatic rings. The number of hydrogen-bond donors (Lipinski definition) is 1. The quantitative estimate of drug-likeness (QED) is 0.883. The van der Waals surface area contributed by atoms with Gasteiger partial charge in [-0.25, -0.2) is 8.42 Å². The van der Waals surface area contributed by atoms with Crippen LogP contribution in [0.1, 0.15) is 5.56 Å². The summed E-state index contributed by atoms with van der Waals surface area (Å²) in [5, 5.41) is 0. The average Bonchev–Trinajstić information content (AvgIpc) is 2.47. The van der Waals surface area contributed by atoms with Crippen molar-refractivity contribution in [3.63, 3.8) is 0 Å². The summed E-state index contributed by atoms with van der Waals surface area (Å²) >= 11 is 1.66. The van der Waals surface area contributed by atoms with Crippen LogP contribution in [0.5, 0.6) is 0 Å². The monoisotopic (exact) mass is 320 g/mol. The number of nitrogens with zero attached hydrogens (tertiary/aromatic N) is 1. The van der Waals surface area contributed by atoms with Crippen LogP contribution in [0.2, 0.25) is 0 Å². The predicted octanol–water partition coefficient (Wildman–Crippen LogP) is 2.71. The van der Waals surface area contributed by atoms with Gasteiger partial charge in [-0.2, -0.15) is 0 Å². The standard InChI is InChI=1S/C15H16N2O2S2/c16-13-6-7-15-14(10-13)17(8-9-20-15)21(18,19)11-12-4-2-1-3-5-12/h1-7,10H,8-9,11,16H2. The van der Waals surface area contributed by atoms with Gasteiger partial charge in [-0.1, -0.05) is 30.3 Å². The van der Waals surface area contributed by atoms with Gasteiger partial charge in [0.2, 0.25) is 10.0 Å². The molecular weight excluding hydrogens is 304 g/mol. The fourth-order valence-corrected chi connectivity index (χ4v) is 5.10. The number of hydrogen-bond acceptors (Lipinski definition) is 4. The summed E-state index contributed by atoms with van der Waals surface area (Å²) in [5.74, 6) is 0.762. The molecule has 0 aromatic heterocycles. The number of nitrogen functional groups attached to an aromatic ring is 1. The van der Waals surface area contributed by atoms with Crippen LogP contribution in [0, 0.1) is 0 Å². The summed E-state index contributed by atoms with van der Waals surface area (Å²) in [6.07, 6.45) is 0. The molecule has 6 heteroatoms. The Morgan fingerprint density at radius 2 is 1.90 bits per heavy atom. The average molecular weight is 320 g/mol. The van der Waals surface area contributed by atoms with Crippen molar-refractivity contribution in [2.24, 2.45) is 0 Å². The van der Waals surface area contributed by atoms with E-state index in [1.54, 1.807) is 23.9 Å². The first-order valence-electron chi connectivity index (χ1n) is 6.63. The minimum Gasteiger partial charge on any atom is -0.399 e. The van der Waals surface area contributed by atoms with Gasteiger partial charge in [0.25, 0.3) is 0 Å². The van der Waals surface area contributed by atoms with Crippen molar-refractivity contribution in [1.82, 2.24) is 0 Å². The van der Waals surface area contributed by atoms with Crippen LogP contribution in [0.4, 0.5) is 11.4 Å². The van der Waals surface area contributed by atoms with E-state index < -0.39 is 10.0 Å². The minimum absolute atomic E-state index is 0.00669. The molecule has 0 fully saturated rings. The van der Waals surface area contributed by atoms with E-state index in [2.05, 4.69) is 0 Å². The maximum absolute atomic E-state index is 12.7. The molecule has 0 amide bonds. The number of thioether (sulfide) groups is 1. The van der Waals surface area contributed by atoms with Crippen LogP contribution in [-0.2, 0) is 15.8 Å². The van der Waals surface area contributed by atoms with Crippen LogP contribution in [-0.4, -0.2) is 20.7 Å². The normalized spacial score (nSPS) is 14.8. The van der Waals surface area contributed by atoms with Gasteiger partial charge < -0.3 is 5.73 Å². The van der Waals surface area contributed by atoms with Crippen LogP contribution in [0.3, 0.4) is 0 Å². The first-order chi connectivity index (χ1) is 10.1. The molecule has 4 nitrogen and oxygen atoms in total. The summed E-state index contributed by atoms with van der Waals surface area (Å²) < 4.78 is 26.9. The fourth-order valence-electron chi connectivity index (χ4n) is 2.36. The molecule has 0 bridgehead atoms. The molecule has 1 heterocycles. The van der Waals surface area contributed by atoms with Crippen molar-refractivity contribution in [2.75, 3.05) is 22.3 Å². The summed E-state index contributed by atoms with van der Waals surface area (Å²) in [6, 6.07) is 14.7. The molecule has 2 aromatic rings. The summed E-state index contributed by atoms with van der Waals surface area (Å²) in [5.41, 5.74) is 7.88. The van der Waals surface area contributed by atoms with Crippen molar-refractivity contribution in [3.05, 3.63) is 54.1 Å². The lowest BCUT2D eigenvalue weighted by Gasteiger charge is -2.30. The number of sulfonamides is 1. The molecular formula is C15H16N2O2S2. The van der Waals surface area contributed by atoms with Gasteiger partial charge in [0.1, 0.15) is 0 Å². The smallest absolute Gasteiger partial charge is 0.239 e. The maximum atomic E-state index is 12.7. The Morgan fingerprint density at radius 1 is 1.14 bits per heavy atom. The Morgan fingerprint density at radius 3 is 2.67 bits per heavy atom. The topological polar surface area (TPSA) is 63.4 Å². The Labute approximate surface area is 129 Å². The van der Waals surface area contributed by atoms with E-state index in [1.807, 2.05) is 36.4 Å². The largest absolute Gasteiger partial charge is 0.399 e. The van der Waals surface area contributed by atoms with Crippen LogP contribution >= 0.6 is 11.8 Å². The highest BCUT2D eigenvalue weighted by Gasteiger charge is 2.28. The van der Waals surface area contributed by atoms with Crippen LogP contribution in [0.25, 0.3) is 0 Å². The van der Waals surface area contributed by atoms with E-state index in [9.17, 15) is 8.42 Å². The summed E-state index contributed by atoms with van der Waals surface area (Å²) in [7, 11) is -3.40. The molecule has 0 atom stereocenters. The van der Waals surface area contributed by atoms with Gasteiger partial charge >= 0.3 is 0 Å². The second-order valence-electron chi connectivity index (χ2n) is 4.89. The first-order valence-corrected chi connectivity index (χ1v) is 9.22. The van der Waals surface area contributed by atoms with Gasteiger partial charge in [-0.05, 0) is 23.8 Å². The SMILES string of the molecule is Nc1ccc2c(c1)N(S(=O)(=O)Cc1ccccc1)CCS2. The second-order valence-corrected chi connectivity index (χ2v) is 7.92. The number of benzene rings is 2. The molecule has 2 aromatic carbocycles. The zero-order valence-corrected chi connectivity index (χ0v) is 13.0. The van der Waals surface area contributed by atoms with Crippen LogP contribution in [0.15, 0.2) is 53.4 Å². The number of nitrogens with two attached hydrogens (primary N) is 1. The Kier molecular flexibility index (Phi) is 3.82. The lowest BCUT2D eigenvalue weighted by atomic mass is 10.2. The maximum Gasteiger partial charge on any atom is 0.239 e. The Balaban J connectivity index is 1.96. The third-order valence-electron chi connectivity index (χ3n) is 3.33. The van der Waals surface area contributed by atoms with Crippen molar-refractivity contribution in [3.8, 4) is 0 Å². The summed E-state index contributed by atoms with van der Waals surface area (Å²) in [6.45, 7) is 0.482. The molecule has 1 aliphatic heterocycles. The lowest BCUT2D eigenvalue weighted by molar-refractivity contribution is 0.590. The highest BCUT2D eigenvalue weighted by Crippen LogP contribution is 2.38. The van der Waals surface area contributed by atoms with Crippen molar-refractivity contribution < 1.29 is 8.42 Å². The molecule has 0 saturated heterocycles. The Bertz CT molecular complexity index is 746. The van der Waals surface area contributed by atoms with Crippen molar-refractivity contribution >= 4 is 33.2 Å². The van der Waals surface area contributed by atoms with E-state index >= 15 is 0 Å². The van der Waals surface area contributed by atoms with Crippen molar-refractivity contribution in [2.45, 2.75) is 10.6 Å². The predicted molar refractivity (Wildman–Crippen MR) is 88.0 cm³/mol. The van der Waals surface area contributed by atoms with E-state index in [4.69, 9.17) is 5.73 Å². The molecule has 0 aliphatic carbocycles. The van der Waals surface area contributed by atoms with E-state index in [1.165, 1.54) is 4.31 Å². The molecule has 3 rings (SSSR count). The van der Waals surface area contributed by atoms with Gasteiger partial charge in [0.15, 0.2) is 0 Å². The molecule has 0 unspecified atom stereocenters. The highest BCUT2D eigenvalue weighted by atomic mass is 32.2. The molecule has 0 spiro atoms. The molecule has 21 heavy (non-hydrogen) atoms. The van der Waals surface area contributed by atoms with Gasteiger partial charge in [0, 0.05) is 22.9 Å². The second kappa shape index (κ2) is 5.61. The molecule has 0 radical (unpaired) electrons. The lowest BCUT2D eigenvalue weighted by Crippen LogP contribution is -2.36. The van der Waals surface area contributed by atoms with E-state index in [0.717, 1.165) is 16.2 Å². The first kappa shape index (κ1) is 14.3. The zero-order valence-electron chi connectivity index (χ0n) is 11.4. The fraction of sp³-hybridized carbons (Fsp3) is 0.200. The van der Waals surface area contributed by atoms with Crippen molar-refractivity contribution in [1.29, 1.82) is 0 Å². The number of anilines is 2. The van der Waals surface area contributed by atoms with Crippen LogP contribution < -0.4 is 10.0 Å². The molecule has 110 valence electrons. The highest BCUT2D eigenvalue weighted by molar-refractivity contribution is 8.00. The number of fused-ring (bicyclic) bond motifs is 1. The van der Waals surface area contributed by atoms with E-state index in [-0.39, 0.29) is 5.75 Å². The minimum atomic E-state index is -3.40. The van der Waals surface area contributed by atoms with Gasteiger partial charge in [-0.3, -0.25) is 4.31 Å². The van der Waals surface area contributed by atoms with Gasteiger partial charge in [0.05, 0.1) is 11.4 Å². The third kappa shape index (κ3) is 3.01. The number of rotatable bonds is 3. The summed E-state index contributed by atoms with van der Waals surface area (Å²) in [4.78, 5) is 0.965. The zero-order chi connectivity index (χ0) is 14.9. The molecule has 0 saturated carbocycles. The van der Waals surface area contributed by atoms with Gasteiger partial charge in [-0.15, -0.1) is 11.8 Å². The Hall–Kier alpha value is -1.66. The third-order valence-corrected chi connectivity index (χ3v) is 6.12. The molecule has 2 N–H and O–H groups in total. The van der Waals surface area contributed by atoms with E-state index in [0.29, 0.717) is 17.9 Å².